The predicted octanol–water partition coefficient (Wildman–Crippen LogP) is 3.90. The van der Waals surface area contributed by atoms with Gasteiger partial charge in [-0.15, -0.1) is 0 Å². The molecule has 1 N–H and O–H groups in total. The van der Waals surface area contributed by atoms with Crippen LogP contribution in [0.1, 0.15) is 11.6 Å². The van der Waals surface area contributed by atoms with Crippen LogP contribution in [0.2, 0.25) is 0 Å². The second-order valence-electron chi connectivity index (χ2n) is 6.68. The van der Waals surface area contributed by atoms with Gasteiger partial charge in [-0.1, -0.05) is 54.6 Å². The van der Waals surface area contributed by atoms with Crippen LogP contribution in [-0.4, -0.2) is 33.9 Å². The highest BCUT2D eigenvalue weighted by Gasteiger charge is 2.29. The third kappa shape index (κ3) is 5.33. The van der Waals surface area contributed by atoms with E-state index in [1.807, 2.05) is 42.5 Å². The quantitative estimate of drug-likeness (QED) is 0.306. The van der Waals surface area contributed by atoms with Gasteiger partial charge >= 0.3 is 0 Å². The normalized spacial score (nSPS) is 12.6. The third-order valence-electron chi connectivity index (χ3n) is 4.75. The van der Waals surface area contributed by atoms with Crippen molar-refractivity contribution < 1.29 is 22.8 Å². The van der Waals surface area contributed by atoms with Crippen LogP contribution in [0.5, 0.6) is 0 Å². The van der Waals surface area contributed by atoms with Crippen molar-refractivity contribution in [2.45, 2.75) is 17.2 Å². The lowest BCUT2D eigenvalue weighted by molar-refractivity contribution is -0.384. The first-order chi connectivity index (χ1) is 14.9. The van der Waals surface area contributed by atoms with Crippen molar-refractivity contribution in [2.75, 3.05) is 14.2 Å². The van der Waals surface area contributed by atoms with Crippen LogP contribution < -0.4 is 4.72 Å². The molecule has 162 valence electrons. The molecule has 0 aliphatic heterocycles. The summed E-state index contributed by atoms with van der Waals surface area (Å²) >= 11 is 0. The number of hydrogen-bond donors (Lipinski definition) is 1. The zero-order valence-corrected chi connectivity index (χ0v) is 17.8. The second kappa shape index (κ2) is 9.80. The van der Waals surface area contributed by atoms with Gasteiger partial charge in [-0.3, -0.25) is 10.1 Å². The molecule has 1 atom stereocenters. The monoisotopic (exact) mass is 442 g/mol. The molecule has 3 rings (SSSR count). The molecule has 0 radical (unpaired) electrons. The highest BCUT2D eigenvalue weighted by molar-refractivity contribution is 7.89. The number of nitrogens with zero attached hydrogens (tertiary/aromatic N) is 1. The van der Waals surface area contributed by atoms with E-state index in [4.69, 9.17) is 9.47 Å². The zero-order valence-electron chi connectivity index (χ0n) is 17.0. The molecule has 3 aromatic rings. The third-order valence-corrected chi connectivity index (χ3v) is 6.21. The number of benzene rings is 3. The van der Waals surface area contributed by atoms with Crippen LogP contribution in [0.3, 0.4) is 0 Å². The average Bonchev–Trinajstić information content (AvgIpc) is 2.80. The van der Waals surface area contributed by atoms with Gasteiger partial charge in [0.05, 0.1) is 15.9 Å². The molecule has 0 amide bonds. The maximum absolute atomic E-state index is 12.9. The Hall–Kier alpha value is -3.11. The van der Waals surface area contributed by atoms with E-state index in [9.17, 15) is 18.5 Å². The van der Waals surface area contributed by atoms with Crippen LogP contribution >= 0.6 is 0 Å². The van der Waals surface area contributed by atoms with Crippen molar-refractivity contribution in [3.8, 4) is 11.1 Å². The summed E-state index contributed by atoms with van der Waals surface area (Å²) in [5, 5.41) is 10.8. The summed E-state index contributed by atoms with van der Waals surface area (Å²) in [7, 11) is -1.18. The Morgan fingerprint density at radius 2 is 1.39 bits per heavy atom. The van der Waals surface area contributed by atoms with E-state index in [2.05, 4.69) is 4.72 Å². The first kappa shape index (κ1) is 22.6. The van der Waals surface area contributed by atoms with Gasteiger partial charge in [-0.2, -0.15) is 4.72 Å². The van der Waals surface area contributed by atoms with E-state index in [1.54, 1.807) is 12.1 Å². The summed E-state index contributed by atoms with van der Waals surface area (Å²) in [4.78, 5) is 10.1. The number of non-ortho nitro benzene ring substituents is 1. The minimum absolute atomic E-state index is 0.102. The topological polar surface area (TPSA) is 108 Å². The maximum atomic E-state index is 12.9. The maximum Gasteiger partial charge on any atom is 0.269 e. The van der Waals surface area contributed by atoms with E-state index >= 15 is 0 Å². The number of nitro benzene ring substituents is 1. The van der Waals surface area contributed by atoms with Crippen molar-refractivity contribution >= 4 is 15.7 Å². The fourth-order valence-corrected chi connectivity index (χ4v) is 4.36. The van der Waals surface area contributed by atoms with Gasteiger partial charge in [0.25, 0.3) is 5.69 Å². The van der Waals surface area contributed by atoms with Gasteiger partial charge < -0.3 is 9.47 Å². The fourth-order valence-electron chi connectivity index (χ4n) is 3.14. The average molecular weight is 442 g/mol. The van der Waals surface area contributed by atoms with Crippen molar-refractivity contribution in [3.63, 3.8) is 0 Å². The molecule has 0 bridgehead atoms. The fraction of sp³-hybridized carbons (Fsp3) is 0.182. The van der Waals surface area contributed by atoms with Gasteiger partial charge in [-0.05, 0) is 28.8 Å². The van der Waals surface area contributed by atoms with Crippen LogP contribution in [0.15, 0.2) is 83.8 Å². The summed E-state index contributed by atoms with van der Waals surface area (Å²) < 4.78 is 39.1. The van der Waals surface area contributed by atoms with Crippen molar-refractivity contribution in [3.05, 3.63) is 94.5 Å². The summed E-state index contributed by atoms with van der Waals surface area (Å²) in [5.41, 5.74) is 2.46. The van der Waals surface area contributed by atoms with E-state index in [1.165, 1.54) is 26.4 Å². The van der Waals surface area contributed by atoms with Crippen molar-refractivity contribution in [1.29, 1.82) is 0 Å². The first-order valence-corrected chi connectivity index (χ1v) is 10.8. The van der Waals surface area contributed by atoms with Gasteiger partial charge in [-0.25, -0.2) is 8.42 Å². The zero-order chi connectivity index (χ0) is 22.4. The Balaban J connectivity index is 1.91. The number of nitrogens with one attached hydrogen (secondary N) is 1. The molecule has 0 aliphatic rings. The lowest BCUT2D eigenvalue weighted by atomic mass is 10.0. The van der Waals surface area contributed by atoms with Gasteiger partial charge in [0, 0.05) is 26.4 Å². The summed E-state index contributed by atoms with van der Waals surface area (Å²) in [6.45, 7) is 0. The molecule has 0 saturated heterocycles. The van der Waals surface area contributed by atoms with Gasteiger partial charge in [0.15, 0.2) is 6.29 Å². The molecular formula is C22H22N2O6S. The molecule has 0 saturated carbocycles. The molecule has 0 fully saturated rings. The summed E-state index contributed by atoms with van der Waals surface area (Å²) in [6, 6.07) is 21.0. The van der Waals surface area contributed by atoms with E-state index in [0.717, 1.165) is 23.3 Å². The van der Waals surface area contributed by atoms with Crippen molar-refractivity contribution in [1.82, 2.24) is 4.72 Å². The predicted molar refractivity (Wildman–Crippen MR) is 116 cm³/mol. The smallest absolute Gasteiger partial charge is 0.269 e. The Morgan fingerprint density at radius 1 is 0.839 bits per heavy atom. The number of hydrogen-bond acceptors (Lipinski definition) is 6. The van der Waals surface area contributed by atoms with Crippen LogP contribution in [0, 0.1) is 10.1 Å². The number of ether oxygens (including phenoxy) is 2. The molecule has 8 nitrogen and oxygen atoms in total. The van der Waals surface area contributed by atoms with Gasteiger partial charge in [0.1, 0.15) is 0 Å². The van der Waals surface area contributed by atoms with E-state index in [0.29, 0.717) is 5.56 Å². The number of sulfonamides is 1. The summed E-state index contributed by atoms with van der Waals surface area (Å²) in [6.07, 6.45) is -0.893. The highest BCUT2D eigenvalue weighted by Crippen LogP contribution is 2.27. The Kier molecular flexibility index (Phi) is 7.13. The molecule has 1 unspecified atom stereocenters. The Bertz CT molecular complexity index is 1110. The largest absolute Gasteiger partial charge is 0.354 e. The summed E-state index contributed by atoms with van der Waals surface area (Å²) in [5.74, 6) is 0. The number of methoxy groups -OCH3 is 2. The molecule has 0 aliphatic carbocycles. The van der Waals surface area contributed by atoms with Gasteiger partial charge in [0.2, 0.25) is 10.0 Å². The highest BCUT2D eigenvalue weighted by atomic mass is 32.2. The molecule has 0 aromatic heterocycles. The van der Waals surface area contributed by atoms with Crippen LogP contribution in [-0.2, 0) is 19.5 Å². The number of nitro groups is 1. The lowest BCUT2D eigenvalue weighted by Gasteiger charge is -2.26. The standard InChI is InChI=1S/C22H22N2O6S/c1-29-22(30-2)21(18-10-8-17(9-11-18)16-6-4-3-5-7-16)23-31(27,28)20-14-12-19(13-15-20)24(25)26/h3-15,21-23H,1-2H3. The minimum atomic E-state index is -4.01. The molecule has 0 spiro atoms. The number of rotatable bonds is 9. The molecule has 3 aromatic carbocycles. The molecule has 9 heteroatoms. The first-order valence-electron chi connectivity index (χ1n) is 9.33. The minimum Gasteiger partial charge on any atom is -0.354 e. The van der Waals surface area contributed by atoms with E-state index < -0.39 is 27.3 Å². The molecular weight excluding hydrogens is 420 g/mol. The Morgan fingerprint density at radius 3 is 1.90 bits per heavy atom. The lowest BCUT2D eigenvalue weighted by Crippen LogP contribution is -2.38. The van der Waals surface area contributed by atoms with Crippen LogP contribution in [0.25, 0.3) is 11.1 Å². The van der Waals surface area contributed by atoms with Crippen LogP contribution in [0.4, 0.5) is 5.69 Å². The molecule has 0 heterocycles. The SMILES string of the molecule is COC(OC)C(NS(=O)(=O)c1ccc([N+](=O)[O-])cc1)c1ccc(-c2ccccc2)cc1. The van der Waals surface area contributed by atoms with Crippen molar-refractivity contribution in [2.24, 2.45) is 0 Å². The molecule has 31 heavy (non-hydrogen) atoms. The van der Waals surface area contributed by atoms with E-state index in [-0.39, 0.29) is 10.6 Å². The second-order valence-corrected chi connectivity index (χ2v) is 8.39. The Labute approximate surface area is 180 Å².